The van der Waals surface area contributed by atoms with Crippen LogP contribution in [0.3, 0.4) is 0 Å². The van der Waals surface area contributed by atoms with Gasteiger partial charge in [0.25, 0.3) is 0 Å². The first-order valence-electron chi connectivity index (χ1n) is 5.17. The van der Waals surface area contributed by atoms with Crippen molar-refractivity contribution in [3.63, 3.8) is 0 Å². The molecule has 5 nitrogen and oxygen atoms in total. The summed E-state index contributed by atoms with van der Waals surface area (Å²) in [6.07, 6.45) is -0.0447. The number of aliphatic hydroxyl groups excluding tert-OH is 1. The van der Waals surface area contributed by atoms with Crippen molar-refractivity contribution in [3.05, 3.63) is 0 Å². The van der Waals surface area contributed by atoms with E-state index in [9.17, 15) is 9.67 Å². The summed E-state index contributed by atoms with van der Waals surface area (Å²) in [5, 5.41) is 12.2. The van der Waals surface area contributed by atoms with Crippen molar-refractivity contribution in [2.45, 2.75) is 12.5 Å². The van der Waals surface area contributed by atoms with Gasteiger partial charge in [-0.15, -0.1) is 23.2 Å². The molecule has 8 heteroatoms. The zero-order valence-corrected chi connectivity index (χ0v) is 11.3. The number of alkyl halides is 2. The number of aliphatic hydroxyl groups is 1. The van der Waals surface area contributed by atoms with Crippen LogP contribution in [0.15, 0.2) is 0 Å². The lowest BCUT2D eigenvalue weighted by Crippen LogP contribution is -2.33. The summed E-state index contributed by atoms with van der Waals surface area (Å²) in [6, 6.07) is 0. The molecule has 1 saturated heterocycles. The van der Waals surface area contributed by atoms with Gasteiger partial charge in [-0.1, -0.05) is 0 Å². The molecule has 0 aromatic heterocycles. The van der Waals surface area contributed by atoms with Crippen LogP contribution in [0.25, 0.3) is 0 Å². The van der Waals surface area contributed by atoms with Crippen molar-refractivity contribution in [3.8, 4) is 0 Å². The quantitative estimate of drug-likeness (QED) is 0.589. The van der Waals surface area contributed by atoms with Crippen LogP contribution >= 0.6 is 30.9 Å². The summed E-state index contributed by atoms with van der Waals surface area (Å²) in [7, 11) is -3.08. The standard InChI is InChI=1S/C8H17Cl2N2O3P/c9-2-4-12(5-3-10)16(14)11-7-8(13)1-6-15-16/h8,13H,1-7H2,(H,11,14). The SMILES string of the molecule is O=P1(N(CCCl)CCCl)NCC(O)CCO1. The molecule has 16 heavy (non-hydrogen) atoms. The summed E-state index contributed by atoms with van der Waals surface area (Å²) in [5.41, 5.74) is 0. The maximum atomic E-state index is 12.4. The Bertz CT molecular complexity index is 251. The van der Waals surface area contributed by atoms with Crippen molar-refractivity contribution in [1.29, 1.82) is 0 Å². The average Bonchev–Trinajstić information content (AvgIpc) is 2.42. The van der Waals surface area contributed by atoms with Gasteiger partial charge in [0.1, 0.15) is 0 Å². The Kier molecular flexibility index (Phi) is 6.59. The fourth-order valence-electron chi connectivity index (χ4n) is 1.43. The molecule has 0 aliphatic carbocycles. The highest BCUT2D eigenvalue weighted by molar-refractivity contribution is 7.54. The van der Waals surface area contributed by atoms with Gasteiger partial charge in [-0.3, -0.25) is 4.57 Å². The fourth-order valence-corrected chi connectivity index (χ4v) is 4.05. The van der Waals surface area contributed by atoms with Gasteiger partial charge in [-0.2, -0.15) is 0 Å². The predicted molar refractivity (Wildman–Crippen MR) is 65.2 cm³/mol. The van der Waals surface area contributed by atoms with Crippen LogP contribution in [0.4, 0.5) is 0 Å². The lowest BCUT2D eigenvalue weighted by molar-refractivity contribution is 0.155. The topological polar surface area (TPSA) is 61.8 Å². The number of nitrogens with zero attached hydrogens (tertiary/aromatic N) is 1. The third kappa shape index (κ3) is 4.15. The average molecular weight is 291 g/mol. The minimum atomic E-state index is -3.08. The van der Waals surface area contributed by atoms with Crippen LogP contribution in [0.2, 0.25) is 0 Å². The summed E-state index contributed by atoms with van der Waals surface area (Å²) in [6.45, 7) is 1.41. The van der Waals surface area contributed by atoms with E-state index in [4.69, 9.17) is 27.7 Å². The number of β-amino-alcohol motifs (C(OH)–C–C–N with tert-alkyl or cyclic N) is 1. The van der Waals surface area contributed by atoms with E-state index in [0.29, 0.717) is 31.3 Å². The Morgan fingerprint density at radius 2 is 2.06 bits per heavy atom. The van der Waals surface area contributed by atoms with Crippen molar-refractivity contribution >= 4 is 30.9 Å². The van der Waals surface area contributed by atoms with Gasteiger partial charge in [-0.05, 0) is 6.42 Å². The van der Waals surface area contributed by atoms with Crippen LogP contribution < -0.4 is 5.09 Å². The van der Waals surface area contributed by atoms with Crippen molar-refractivity contribution in [1.82, 2.24) is 9.76 Å². The third-order valence-corrected chi connectivity index (χ3v) is 4.90. The van der Waals surface area contributed by atoms with Crippen LogP contribution in [0, 0.1) is 0 Å². The Labute approximate surface area is 106 Å². The van der Waals surface area contributed by atoms with Crippen molar-refractivity contribution in [2.24, 2.45) is 0 Å². The summed E-state index contributed by atoms with van der Waals surface area (Å²) in [5.74, 6) is 0.711. The van der Waals surface area contributed by atoms with Gasteiger partial charge in [0.05, 0.1) is 12.7 Å². The maximum Gasteiger partial charge on any atom is 0.343 e. The molecule has 0 aromatic carbocycles. The molecule has 1 aliphatic rings. The van der Waals surface area contributed by atoms with E-state index in [0.717, 1.165) is 0 Å². The second kappa shape index (κ2) is 7.17. The zero-order valence-electron chi connectivity index (χ0n) is 8.94. The number of halogens is 2. The molecule has 2 atom stereocenters. The number of hydrogen-bond donors (Lipinski definition) is 2. The largest absolute Gasteiger partial charge is 0.392 e. The van der Waals surface area contributed by atoms with Crippen LogP contribution in [-0.4, -0.2) is 53.9 Å². The summed E-state index contributed by atoms with van der Waals surface area (Å²) in [4.78, 5) is 0. The number of hydrogen-bond acceptors (Lipinski definition) is 3. The van der Waals surface area contributed by atoms with E-state index < -0.39 is 13.8 Å². The minimum Gasteiger partial charge on any atom is -0.392 e. The van der Waals surface area contributed by atoms with E-state index in [2.05, 4.69) is 5.09 Å². The summed E-state index contributed by atoms with van der Waals surface area (Å²) >= 11 is 11.3. The maximum absolute atomic E-state index is 12.4. The molecule has 96 valence electrons. The zero-order chi connectivity index (χ0) is 12.0. The first-order chi connectivity index (χ1) is 7.62. The fraction of sp³-hybridized carbons (Fsp3) is 1.00. The normalized spacial score (nSPS) is 31.6. The first-order valence-corrected chi connectivity index (χ1v) is 7.82. The molecule has 0 aromatic rings. The van der Waals surface area contributed by atoms with E-state index in [-0.39, 0.29) is 13.2 Å². The monoisotopic (exact) mass is 290 g/mol. The van der Waals surface area contributed by atoms with Crippen LogP contribution in [0.5, 0.6) is 0 Å². The van der Waals surface area contributed by atoms with Crippen molar-refractivity contribution < 1.29 is 14.2 Å². The molecule has 0 amide bonds. The van der Waals surface area contributed by atoms with Gasteiger partial charge in [0.2, 0.25) is 0 Å². The molecule has 1 rings (SSSR count). The molecular weight excluding hydrogens is 274 g/mol. The molecular formula is C8H17Cl2N2O3P. The second-order valence-electron chi connectivity index (χ2n) is 3.49. The Hall–Kier alpha value is 0.650. The highest BCUT2D eigenvalue weighted by Crippen LogP contribution is 2.47. The molecule has 0 saturated carbocycles. The van der Waals surface area contributed by atoms with E-state index >= 15 is 0 Å². The summed E-state index contributed by atoms with van der Waals surface area (Å²) < 4.78 is 19.4. The molecule has 1 heterocycles. The Balaban J connectivity index is 2.67. The lowest BCUT2D eigenvalue weighted by atomic mass is 10.3. The second-order valence-corrected chi connectivity index (χ2v) is 6.43. The smallest absolute Gasteiger partial charge is 0.343 e. The van der Waals surface area contributed by atoms with Crippen LogP contribution in [-0.2, 0) is 9.09 Å². The molecule has 2 unspecified atom stereocenters. The highest BCUT2D eigenvalue weighted by Gasteiger charge is 2.33. The molecule has 0 radical (unpaired) electrons. The van der Waals surface area contributed by atoms with Gasteiger partial charge < -0.3 is 9.63 Å². The highest BCUT2D eigenvalue weighted by atomic mass is 35.5. The number of rotatable bonds is 5. The van der Waals surface area contributed by atoms with Gasteiger partial charge in [-0.25, -0.2) is 9.76 Å². The van der Waals surface area contributed by atoms with Gasteiger partial charge in [0.15, 0.2) is 0 Å². The lowest BCUT2D eigenvalue weighted by Gasteiger charge is -2.28. The molecule has 0 bridgehead atoms. The Morgan fingerprint density at radius 1 is 1.44 bits per heavy atom. The molecule has 2 N–H and O–H groups in total. The third-order valence-electron chi connectivity index (χ3n) is 2.30. The molecule has 1 fully saturated rings. The minimum absolute atomic E-state index is 0.262. The van der Waals surface area contributed by atoms with Gasteiger partial charge >= 0.3 is 7.67 Å². The number of nitrogens with one attached hydrogen (secondary N) is 1. The first kappa shape index (κ1) is 14.7. The molecule has 1 aliphatic heterocycles. The predicted octanol–water partition coefficient (Wildman–Crippen LogP) is 1.24. The Morgan fingerprint density at radius 3 is 2.62 bits per heavy atom. The van der Waals surface area contributed by atoms with Crippen molar-refractivity contribution in [2.75, 3.05) is 38.0 Å². The van der Waals surface area contributed by atoms with Crippen LogP contribution in [0.1, 0.15) is 6.42 Å². The van der Waals surface area contributed by atoms with E-state index in [1.807, 2.05) is 0 Å². The van der Waals surface area contributed by atoms with E-state index in [1.54, 1.807) is 4.67 Å². The molecule has 0 spiro atoms. The van der Waals surface area contributed by atoms with E-state index in [1.165, 1.54) is 0 Å². The van der Waals surface area contributed by atoms with Gasteiger partial charge in [0, 0.05) is 31.4 Å².